The summed E-state index contributed by atoms with van der Waals surface area (Å²) < 4.78 is 0.707. The van der Waals surface area contributed by atoms with Crippen LogP contribution in [-0.4, -0.2) is 21.9 Å². The lowest BCUT2D eigenvalue weighted by molar-refractivity contribution is -0.123. The fourth-order valence-corrected chi connectivity index (χ4v) is 7.63. The van der Waals surface area contributed by atoms with Crippen LogP contribution in [-0.2, 0) is 20.8 Å². The van der Waals surface area contributed by atoms with E-state index in [2.05, 4.69) is 21.6 Å². The van der Waals surface area contributed by atoms with Crippen molar-refractivity contribution in [1.29, 1.82) is 5.26 Å². The fraction of sp³-hybridized carbons (Fsp3) is 0.250. The predicted octanol–water partition coefficient (Wildman–Crippen LogP) is 5.53. The number of allylic oxidation sites excluding steroid dienone is 1. The van der Waals surface area contributed by atoms with Gasteiger partial charge in [-0.15, -0.1) is 10.2 Å². The second-order valence-electron chi connectivity index (χ2n) is 10.5. The summed E-state index contributed by atoms with van der Waals surface area (Å²) in [5, 5.41) is 23.2. The first-order valence-electron chi connectivity index (χ1n) is 12.2. The van der Waals surface area contributed by atoms with E-state index in [1.807, 2.05) is 38.1 Å². The molecule has 0 saturated carbocycles. The molecule has 6 rings (SSSR count). The molecule has 3 heterocycles. The summed E-state index contributed by atoms with van der Waals surface area (Å²) in [5.41, 5.74) is 7.87. The van der Waals surface area contributed by atoms with Crippen LogP contribution in [0.25, 0.3) is 0 Å². The molecule has 1 atom stereocenters. The predicted molar refractivity (Wildman–Crippen MR) is 152 cm³/mol. The van der Waals surface area contributed by atoms with Crippen LogP contribution in [0.1, 0.15) is 37.8 Å². The van der Waals surface area contributed by atoms with Crippen molar-refractivity contribution >= 4 is 57.2 Å². The number of nitriles is 1. The standard InChI is InChI=1S/C28H23ClN6O2S2/c1-27(2)11-20-22(21(36)12-27)28(17-5-3-4-6-19(17)32-24(28)37)18(13-30)23(31)35(20)25-33-34-26(39-25)38-14-15-7-9-16(29)10-8-15/h3-10H,11-12,14,31H2,1-2H3,(H,32,37). The number of hydrogen-bond donors (Lipinski definition) is 2. The number of aromatic nitrogens is 2. The summed E-state index contributed by atoms with van der Waals surface area (Å²) in [6.45, 7) is 4.02. The highest BCUT2D eigenvalue weighted by Gasteiger charge is 2.61. The van der Waals surface area contributed by atoms with Crippen LogP contribution in [0.3, 0.4) is 0 Å². The highest BCUT2D eigenvalue weighted by Crippen LogP contribution is 2.57. The molecule has 3 aromatic rings. The number of anilines is 2. The van der Waals surface area contributed by atoms with Crippen LogP contribution >= 0.6 is 34.7 Å². The van der Waals surface area contributed by atoms with Crippen LogP contribution in [0.5, 0.6) is 0 Å². The van der Waals surface area contributed by atoms with Gasteiger partial charge in [0.25, 0.3) is 0 Å². The lowest BCUT2D eigenvalue weighted by atomic mass is 9.61. The number of carbonyl (C=O) groups is 2. The van der Waals surface area contributed by atoms with E-state index >= 15 is 0 Å². The van der Waals surface area contributed by atoms with Crippen molar-refractivity contribution in [2.75, 3.05) is 10.2 Å². The van der Waals surface area contributed by atoms with Gasteiger partial charge in [-0.25, -0.2) is 0 Å². The van der Waals surface area contributed by atoms with Gasteiger partial charge in [0, 0.05) is 39.7 Å². The second-order valence-corrected chi connectivity index (χ2v) is 13.1. The van der Waals surface area contributed by atoms with Gasteiger partial charge in [0.15, 0.2) is 10.1 Å². The molecule has 0 radical (unpaired) electrons. The molecular formula is C28H23ClN6O2S2. The highest BCUT2D eigenvalue weighted by molar-refractivity contribution is 8.00. The minimum absolute atomic E-state index is 0.0160. The molecule has 2 aromatic carbocycles. The average Bonchev–Trinajstić information content (AvgIpc) is 3.46. The average molecular weight is 575 g/mol. The molecule has 3 aliphatic rings. The van der Waals surface area contributed by atoms with Crippen molar-refractivity contribution < 1.29 is 9.59 Å². The summed E-state index contributed by atoms with van der Waals surface area (Å²) in [6.07, 6.45) is 0.714. The number of nitrogens with two attached hydrogens (primary N) is 1. The number of nitrogens with one attached hydrogen (secondary N) is 1. The Balaban J connectivity index is 1.48. The molecular weight excluding hydrogens is 552 g/mol. The topological polar surface area (TPSA) is 125 Å². The maximum atomic E-state index is 13.9. The number of fused-ring (bicyclic) bond motifs is 3. The van der Waals surface area contributed by atoms with Crippen LogP contribution in [0.4, 0.5) is 10.8 Å². The molecule has 196 valence electrons. The first-order valence-corrected chi connectivity index (χ1v) is 14.4. The molecule has 1 aromatic heterocycles. The number of rotatable bonds is 4. The Morgan fingerprint density at radius 1 is 1.15 bits per heavy atom. The second kappa shape index (κ2) is 9.23. The highest BCUT2D eigenvalue weighted by atomic mass is 35.5. The van der Waals surface area contributed by atoms with E-state index in [9.17, 15) is 14.9 Å². The van der Waals surface area contributed by atoms with E-state index in [1.165, 1.54) is 23.1 Å². The monoisotopic (exact) mass is 574 g/mol. The number of para-hydroxylation sites is 1. The number of nitrogens with zero attached hydrogens (tertiary/aromatic N) is 4. The third-order valence-corrected chi connectivity index (χ3v) is 9.63. The molecule has 39 heavy (non-hydrogen) atoms. The van der Waals surface area contributed by atoms with Gasteiger partial charge >= 0.3 is 0 Å². The van der Waals surface area contributed by atoms with E-state index in [0.717, 1.165) is 5.56 Å². The Morgan fingerprint density at radius 2 is 1.90 bits per heavy atom. The number of thioether (sulfide) groups is 1. The van der Waals surface area contributed by atoms with Crippen molar-refractivity contribution in [3.63, 3.8) is 0 Å². The zero-order valence-corrected chi connectivity index (χ0v) is 23.5. The normalized spacial score (nSPS) is 21.6. The zero-order chi connectivity index (χ0) is 27.5. The van der Waals surface area contributed by atoms with Gasteiger partial charge in [-0.1, -0.05) is 78.9 Å². The van der Waals surface area contributed by atoms with Crippen molar-refractivity contribution in [2.24, 2.45) is 11.1 Å². The lowest BCUT2D eigenvalue weighted by Gasteiger charge is -2.45. The maximum Gasteiger partial charge on any atom is 0.245 e. The van der Waals surface area contributed by atoms with Gasteiger partial charge in [0.1, 0.15) is 17.3 Å². The number of halogens is 1. The summed E-state index contributed by atoms with van der Waals surface area (Å²) in [6, 6.07) is 16.9. The minimum Gasteiger partial charge on any atom is -0.384 e. The Kier molecular flexibility index (Phi) is 6.06. The number of amides is 1. The molecule has 1 spiro atoms. The van der Waals surface area contributed by atoms with Crippen LogP contribution in [0.2, 0.25) is 5.02 Å². The summed E-state index contributed by atoms with van der Waals surface area (Å²) in [7, 11) is 0. The number of Topliss-reactive ketones (excluding diaryl/α,β-unsaturated/α-hetero) is 1. The van der Waals surface area contributed by atoms with Crippen LogP contribution < -0.4 is 16.0 Å². The molecule has 1 amide bonds. The van der Waals surface area contributed by atoms with Gasteiger partial charge in [-0.05, 0) is 35.6 Å². The summed E-state index contributed by atoms with van der Waals surface area (Å²) in [5.74, 6) is 0.124. The molecule has 11 heteroatoms. The number of benzene rings is 2. The van der Waals surface area contributed by atoms with Gasteiger partial charge in [0.2, 0.25) is 11.0 Å². The van der Waals surface area contributed by atoms with E-state index in [0.29, 0.717) is 49.2 Å². The van der Waals surface area contributed by atoms with Crippen molar-refractivity contribution in [3.05, 3.63) is 87.3 Å². The number of carbonyl (C=O) groups excluding carboxylic acids is 2. The Bertz CT molecular complexity index is 1650. The van der Waals surface area contributed by atoms with Crippen molar-refractivity contribution in [1.82, 2.24) is 10.2 Å². The number of ketones is 1. The van der Waals surface area contributed by atoms with Crippen molar-refractivity contribution in [3.8, 4) is 6.07 Å². The van der Waals surface area contributed by atoms with E-state index in [-0.39, 0.29) is 29.0 Å². The third kappa shape index (κ3) is 3.95. The molecule has 1 aliphatic carbocycles. The van der Waals surface area contributed by atoms with Gasteiger partial charge in [-0.3, -0.25) is 14.5 Å². The fourth-order valence-electron chi connectivity index (χ4n) is 5.67. The minimum atomic E-state index is -1.61. The first kappa shape index (κ1) is 25.6. The van der Waals surface area contributed by atoms with Crippen LogP contribution in [0, 0.1) is 16.7 Å². The maximum absolute atomic E-state index is 13.9. The first-order chi connectivity index (χ1) is 18.7. The third-order valence-electron chi connectivity index (χ3n) is 7.26. The Morgan fingerprint density at radius 3 is 2.64 bits per heavy atom. The molecule has 0 bridgehead atoms. The Labute approximate surface area is 238 Å². The quantitative estimate of drug-likeness (QED) is 0.390. The molecule has 3 N–H and O–H groups in total. The Hall–Kier alpha value is -3.65. The summed E-state index contributed by atoms with van der Waals surface area (Å²) >= 11 is 8.84. The van der Waals surface area contributed by atoms with Gasteiger partial charge in [0.05, 0.1) is 5.57 Å². The van der Waals surface area contributed by atoms with Gasteiger partial charge < -0.3 is 11.1 Å². The van der Waals surface area contributed by atoms with Crippen molar-refractivity contribution in [2.45, 2.75) is 42.2 Å². The number of hydrogen-bond acceptors (Lipinski definition) is 9. The zero-order valence-electron chi connectivity index (χ0n) is 21.1. The molecule has 0 saturated heterocycles. The molecule has 2 aliphatic heterocycles. The van der Waals surface area contributed by atoms with E-state index in [1.54, 1.807) is 29.2 Å². The molecule has 8 nitrogen and oxygen atoms in total. The smallest absolute Gasteiger partial charge is 0.245 e. The largest absolute Gasteiger partial charge is 0.384 e. The lowest BCUT2D eigenvalue weighted by Crippen LogP contribution is -2.52. The summed E-state index contributed by atoms with van der Waals surface area (Å²) in [4.78, 5) is 29.4. The van der Waals surface area contributed by atoms with Gasteiger partial charge in [-0.2, -0.15) is 5.26 Å². The SMILES string of the molecule is CC1(C)CC(=O)C2=C(C1)N(c1nnc(SCc3ccc(Cl)cc3)s1)C(N)=C(C#N)C21C(=O)Nc2ccccc21. The van der Waals surface area contributed by atoms with Crippen LogP contribution in [0.15, 0.2) is 75.5 Å². The van der Waals surface area contributed by atoms with E-state index in [4.69, 9.17) is 17.3 Å². The molecule has 1 unspecified atom stereocenters. The van der Waals surface area contributed by atoms with E-state index < -0.39 is 11.3 Å². The molecule has 0 fully saturated rings.